The summed E-state index contributed by atoms with van der Waals surface area (Å²) < 4.78 is 4.79. The molecule has 1 atom stereocenters. The lowest BCUT2D eigenvalue weighted by atomic mass is 10.0. The molecule has 2 aromatic carbocycles. The lowest BCUT2D eigenvalue weighted by Gasteiger charge is -2.17. The first-order chi connectivity index (χ1) is 13.0. The van der Waals surface area contributed by atoms with E-state index in [1.54, 1.807) is 24.3 Å². The first-order valence-corrected chi connectivity index (χ1v) is 8.33. The van der Waals surface area contributed by atoms with Crippen LogP contribution in [0.2, 0.25) is 5.02 Å². The average molecular weight is 384 g/mol. The number of ether oxygens (including phenoxy) is 1. The maximum atomic E-state index is 12.7. The van der Waals surface area contributed by atoms with Gasteiger partial charge in [0.25, 0.3) is 0 Å². The molecule has 3 rings (SSSR count). The van der Waals surface area contributed by atoms with E-state index < -0.39 is 23.7 Å². The van der Waals surface area contributed by atoms with Gasteiger partial charge in [-0.3, -0.25) is 14.4 Å². The lowest BCUT2D eigenvalue weighted by molar-refractivity contribution is -0.142. The second-order valence-electron chi connectivity index (χ2n) is 5.81. The minimum Gasteiger partial charge on any atom is -0.468 e. The number of benzene rings is 2. The highest BCUT2D eigenvalue weighted by atomic mass is 35.5. The highest BCUT2D eigenvalue weighted by Gasteiger charge is 2.39. The smallest absolute Gasteiger partial charge is 0.316 e. The zero-order valence-corrected chi connectivity index (χ0v) is 15.0. The summed E-state index contributed by atoms with van der Waals surface area (Å²) in [5.74, 6) is -2.83. The molecule has 0 spiro atoms. The first-order valence-electron chi connectivity index (χ1n) is 7.95. The fourth-order valence-corrected chi connectivity index (χ4v) is 3.10. The molecular weight excluding hydrogens is 370 g/mol. The SMILES string of the molecule is COC(=O)C1CN(C(=O)C(=O)Nc2ccc(Cl)c(C#N)c2)c2ccccc21. The van der Waals surface area contributed by atoms with Crippen molar-refractivity contribution in [2.45, 2.75) is 5.92 Å². The minimum atomic E-state index is -0.887. The van der Waals surface area contributed by atoms with Crippen molar-refractivity contribution in [2.75, 3.05) is 23.9 Å². The molecule has 0 aliphatic carbocycles. The normalized spacial score (nSPS) is 14.9. The van der Waals surface area contributed by atoms with Crippen LogP contribution in [0.3, 0.4) is 0 Å². The number of carbonyl (C=O) groups is 3. The zero-order valence-electron chi connectivity index (χ0n) is 14.2. The Hall–Kier alpha value is -3.37. The van der Waals surface area contributed by atoms with E-state index in [1.165, 1.54) is 30.2 Å². The molecule has 7 nitrogen and oxygen atoms in total. The summed E-state index contributed by atoms with van der Waals surface area (Å²) in [4.78, 5) is 38.3. The van der Waals surface area contributed by atoms with E-state index in [0.29, 0.717) is 11.3 Å². The van der Waals surface area contributed by atoms with Gasteiger partial charge in [-0.2, -0.15) is 5.26 Å². The van der Waals surface area contributed by atoms with Gasteiger partial charge in [-0.05, 0) is 29.8 Å². The van der Waals surface area contributed by atoms with Crippen molar-refractivity contribution < 1.29 is 19.1 Å². The van der Waals surface area contributed by atoms with Gasteiger partial charge in [0.05, 0.1) is 17.7 Å². The number of carbonyl (C=O) groups excluding carboxylic acids is 3. The Morgan fingerprint density at radius 3 is 2.70 bits per heavy atom. The van der Waals surface area contributed by atoms with Crippen LogP contribution in [-0.2, 0) is 19.1 Å². The number of nitriles is 1. The molecule has 136 valence electrons. The fourth-order valence-electron chi connectivity index (χ4n) is 2.94. The van der Waals surface area contributed by atoms with Crippen molar-refractivity contribution in [3.63, 3.8) is 0 Å². The monoisotopic (exact) mass is 383 g/mol. The number of fused-ring (bicyclic) bond motifs is 1. The van der Waals surface area contributed by atoms with Crippen LogP contribution < -0.4 is 10.2 Å². The number of para-hydroxylation sites is 1. The van der Waals surface area contributed by atoms with Crippen LogP contribution >= 0.6 is 11.6 Å². The number of anilines is 2. The quantitative estimate of drug-likeness (QED) is 0.634. The van der Waals surface area contributed by atoms with Crippen molar-refractivity contribution in [3.05, 3.63) is 58.6 Å². The van der Waals surface area contributed by atoms with Crippen LogP contribution in [0, 0.1) is 11.3 Å². The number of nitrogens with zero attached hydrogens (tertiary/aromatic N) is 2. The molecule has 0 bridgehead atoms. The summed E-state index contributed by atoms with van der Waals surface area (Å²) in [6.45, 7) is 0.0162. The Morgan fingerprint density at radius 1 is 1.26 bits per heavy atom. The maximum absolute atomic E-state index is 12.7. The van der Waals surface area contributed by atoms with Gasteiger partial charge in [-0.15, -0.1) is 0 Å². The van der Waals surface area contributed by atoms with Gasteiger partial charge in [0.1, 0.15) is 12.0 Å². The van der Waals surface area contributed by atoms with Crippen molar-refractivity contribution in [1.82, 2.24) is 0 Å². The number of nitrogens with one attached hydrogen (secondary N) is 1. The van der Waals surface area contributed by atoms with E-state index in [0.717, 1.165) is 0 Å². The van der Waals surface area contributed by atoms with E-state index in [4.69, 9.17) is 21.6 Å². The summed E-state index contributed by atoms with van der Waals surface area (Å²) >= 11 is 5.86. The molecule has 0 radical (unpaired) electrons. The number of hydrogen-bond donors (Lipinski definition) is 1. The van der Waals surface area contributed by atoms with Crippen LogP contribution in [0.15, 0.2) is 42.5 Å². The molecule has 2 aromatic rings. The van der Waals surface area contributed by atoms with E-state index >= 15 is 0 Å². The second-order valence-corrected chi connectivity index (χ2v) is 6.22. The van der Waals surface area contributed by atoms with E-state index in [-0.39, 0.29) is 22.8 Å². The van der Waals surface area contributed by atoms with Gasteiger partial charge in [-0.25, -0.2) is 0 Å². The Morgan fingerprint density at radius 2 is 2.00 bits per heavy atom. The van der Waals surface area contributed by atoms with Crippen LogP contribution in [0.25, 0.3) is 0 Å². The molecule has 2 amide bonds. The zero-order chi connectivity index (χ0) is 19.6. The predicted molar refractivity (Wildman–Crippen MR) is 98.3 cm³/mol. The highest BCUT2D eigenvalue weighted by Crippen LogP contribution is 2.36. The van der Waals surface area contributed by atoms with Crippen molar-refractivity contribution in [1.29, 1.82) is 5.26 Å². The molecule has 1 heterocycles. The van der Waals surface area contributed by atoms with E-state index in [2.05, 4.69) is 5.32 Å². The molecule has 0 aromatic heterocycles. The third-order valence-corrected chi connectivity index (χ3v) is 4.57. The molecule has 0 saturated heterocycles. The molecule has 27 heavy (non-hydrogen) atoms. The molecule has 1 aliphatic rings. The molecule has 1 unspecified atom stereocenters. The van der Waals surface area contributed by atoms with Crippen molar-refractivity contribution >= 4 is 40.8 Å². The van der Waals surface area contributed by atoms with Crippen LogP contribution in [-0.4, -0.2) is 31.4 Å². The summed E-state index contributed by atoms with van der Waals surface area (Å²) in [5.41, 5.74) is 1.57. The summed E-state index contributed by atoms with van der Waals surface area (Å²) in [7, 11) is 1.27. The molecule has 1 N–H and O–H groups in total. The second kappa shape index (κ2) is 7.48. The van der Waals surface area contributed by atoms with Crippen LogP contribution in [0.4, 0.5) is 11.4 Å². The molecule has 8 heteroatoms. The fraction of sp³-hybridized carbons (Fsp3) is 0.158. The number of esters is 1. The van der Waals surface area contributed by atoms with Gasteiger partial charge in [-0.1, -0.05) is 29.8 Å². The molecule has 1 aliphatic heterocycles. The van der Waals surface area contributed by atoms with Gasteiger partial charge in [0.15, 0.2) is 0 Å². The summed E-state index contributed by atoms with van der Waals surface area (Å²) in [5, 5.41) is 11.7. The minimum absolute atomic E-state index is 0.0162. The Balaban J connectivity index is 1.83. The van der Waals surface area contributed by atoms with Crippen LogP contribution in [0.1, 0.15) is 17.0 Å². The summed E-state index contributed by atoms with van der Waals surface area (Å²) in [6, 6.07) is 13.1. The largest absolute Gasteiger partial charge is 0.468 e. The van der Waals surface area contributed by atoms with Crippen molar-refractivity contribution in [3.8, 4) is 6.07 Å². The van der Waals surface area contributed by atoms with E-state index in [9.17, 15) is 14.4 Å². The van der Waals surface area contributed by atoms with Gasteiger partial charge in [0.2, 0.25) is 0 Å². The number of methoxy groups -OCH3 is 1. The Labute approximate surface area is 160 Å². The van der Waals surface area contributed by atoms with E-state index in [1.807, 2.05) is 6.07 Å². The molecule has 0 saturated carbocycles. The molecular formula is C19H14ClN3O4. The topological polar surface area (TPSA) is 99.5 Å². The Bertz CT molecular complexity index is 983. The number of rotatable bonds is 2. The third kappa shape index (κ3) is 3.48. The highest BCUT2D eigenvalue weighted by molar-refractivity contribution is 6.44. The number of amides is 2. The Kier molecular flexibility index (Phi) is 5.10. The lowest BCUT2D eigenvalue weighted by Crippen LogP contribution is -2.39. The van der Waals surface area contributed by atoms with Gasteiger partial charge < -0.3 is 15.0 Å². The van der Waals surface area contributed by atoms with Gasteiger partial charge >= 0.3 is 17.8 Å². The number of hydrogen-bond acceptors (Lipinski definition) is 5. The first kappa shape index (κ1) is 18.4. The van der Waals surface area contributed by atoms with Crippen LogP contribution in [0.5, 0.6) is 0 Å². The summed E-state index contributed by atoms with van der Waals surface area (Å²) in [6.07, 6.45) is 0. The maximum Gasteiger partial charge on any atom is 0.316 e. The molecule has 0 fully saturated rings. The number of halogens is 1. The third-order valence-electron chi connectivity index (χ3n) is 4.24. The predicted octanol–water partition coefficient (Wildman–Crippen LogP) is 2.45. The van der Waals surface area contributed by atoms with Crippen molar-refractivity contribution in [2.24, 2.45) is 0 Å². The average Bonchev–Trinajstić information content (AvgIpc) is 3.07. The standard InChI is InChI=1S/C19H14ClN3O4/c1-27-19(26)14-10-23(16-5-3-2-4-13(14)16)18(25)17(24)22-12-6-7-15(20)11(8-12)9-21/h2-8,14H,10H2,1H3,(H,22,24). The van der Waals surface area contributed by atoms with Gasteiger partial charge in [0, 0.05) is 17.9 Å².